The smallest absolute Gasteiger partial charge is 0.358 e. The summed E-state index contributed by atoms with van der Waals surface area (Å²) >= 11 is 7.27. The number of anilines is 1. The van der Waals surface area contributed by atoms with Crippen LogP contribution in [0.4, 0.5) is 5.69 Å². The SMILES string of the molecule is CCCC(=O)Nc1ccc(C(=O)COC(=O)c2csc(-c3cccc(Cl)c3)n2)cc1. The molecule has 1 N–H and O–H groups in total. The molecule has 0 atom stereocenters. The molecular weight excluding hydrogens is 424 g/mol. The zero-order chi connectivity index (χ0) is 21.5. The highest BCUT2D eigenvalue weighted by Crippen LogP contribution is 2.26. The van der Waals surface area contributed by atoms with E-state index in [-0.39, 0.29) is 17.4 Å². The van der Waals surface area contributed by atoms with Crippen LogP contribution in [0.15, 0.2) is 53.9 Å². The van der Waals surface area contributed by atoms with Gasteiger partial charge in [-0.25, -0.2) is 9.78 Å². The number of halogens is 1. The number of carbonyl (C=O) groups is 3. The Kier molecular flexibility index (Phi) is 7.32. The van der Waals surface area contributed by atoms with Crippen LogP contribution in [0.1, 0.15) is 40.6 Å². The molecule has 0 aliphatic carbocycles. The highest BCUT2D eigenvalue weighted by atomic mass is 35.5. The summed E-state index contributed by atoms with van der Waals surface area (Å²) in [7, 11) is 0. The Labute approximate surface area is 182 Å². The number of benzene rings is 2. The van der Waals surface area contributed by atoms with Crippen molar-refractivity contribution in [2.75, 3.05) is 11.9 Å². The van der Waals surface area contributed by atoms with E-state index in [1.165, 1.54) is 11.3 Å². The van der Waals surface area contributed by atoms with Crippen molar-refractivity contribution in [3.05, 3.63) is 70.2 Å². The minimum Gasteiger partial charge on any atom is -0.453 e. The van der Waals surface area contributed by atoms with Crippen LogP contribution in [-0.2, 0) is 9.53 Å². The molecule has 1 amide bonds. The number of carbonyl (C=O) groups excluding carboxylic acids is 3. The number of ketones is 1. The van der Waals surface area contributed by atoms with Crippen LogP contribution in [0.5, 0.6) is 0 Å². The first kappa shape index (κ1) is 21.7. The molecule has 0 saturated carbocycles. The normalized spacial score (nSPS) is 10.5. The number of nitrogens with zero attached hydrogens (tertiary/aromatic N) is 1. The average Bonchev–Trinajstić information content (AvgIpc) is 3.23. The molecule has 0 fully saturated rings. The van der Waals surface area contributed by atoms with Gasteiger partial charge in [-0.15, -0.1) is 11.3 Å². The van der Waals surface area contributed by atoms with Gasteiger partial charge in [0.1, 0.15) is 5.01 Å². The van der Waals surface area contributed by atoms with Crippen molar-refractivity contribution in [1.82, 2.24) is 4.98 Å². The topological polar surface area (TPSA) is 85.4 Å². The van der Waals surface area contributed by atoms with E-state index in [1.54, 1.807) is 47.8 Å². The molecule has 1 aromatic heterocycles. The second-order valence-corrected chi connectivity index (χ2v) is 7.72. The zero-order valence-electron chi connectivity index (χ0n) is 16.2. The minimum absolute atomic E-state index is 0.0779. The van der Waals surface area contributed by atoms with E-state index in [4.69, 9.17) is 16.3 Å². The molecule has 3 aromatic rings. The summed E-state index contributed by atoms with van der Waals surface area (Å²) in [6.45, 7) is 1.52. The van der Waals surface area contributed by atoms with Gasteiger partial charge in [0.25, 0.3) is 0 Å². The van der Waals surface area contributed by atoms with E-state index in [0.717, 1.165) is 12.0 Å². The highest BCUT2D eigenvalue weighted by Gasteiger charge is 2.16. The Bertz CT molecular complexity index is 1060. The number of rotatable bonds is 8. The molecule has 0 aliphatic heterocycles. The lowest BCUT2D eigenvalue weighted by Gasteiger charge is -2.06. The van der Waals surface area contributed by atoms with E-state index in [9.17, 15) is 14.4 Å². The van der Waals surface area contributed by atoms with Crippen molar-refractivity contribution in [1.29, 1.82) is 0 Å². The largest absolute Gasteiger partial charge is 0.453 e. The quantitative estimate of drug-likeness (QED) is 0.380. The Morgan fingerprint density at radius 2 is 1.90 bits per heavy atom. The molecule has 0 unspecified atom stereocenters. The summed E-state index contributed by atoms with van der Waals surface area (Å²) in [6.07, 6.45) is 1.19. The first-order chi connectivity index (χ1) is 14.5. The number of hydrogen-bond acceptors (Lipinski definition) is 6. The molecule has 0 spiro atoms. The van der Waals surface area contributed by atoms with Crippen molar-refractivity contribution >= 4 is 46.3 Å². The van der Waals surface area contributed by atoms with Gasteiger partial charge >= 0.3 is 5.97 Å². The fourth-order valence-electron chi connectivity index (χ4n) is 2.60. The van der Waals surface area contributed by atoms with E-state index >= 15 is 0 Å². The number of thiazole rings is 1. The Hall–Kier alpha value is -3.03. The van der Waals surface area contributed by atoms with Crippen LogP contribution in [-0.4, -0.2) is 29.3 Å². The molecular formula is C22H19ClN2O4S. The maximum absolute atomic E-state index is 12.3. The van der Waals surface area contributed by atoms with Gasteiger partial charge in [-0.3, -0.25) is 9.59 Å². The molecule has 0 saturated heterocycles. The summed E-state index contributed by atoms with van der Waals surface area (Å²) in [6, 6.07) is 13.6. The number of nitrogens with one attached hydrogen (secondary N) is 1. The van der Waals surface area contributed by atoms with Gasteiger partial charge in [0.05, 0.1) is 0 Å². The summed E-state index contributed by atoms with van der Waals surface area (Å²) in [5, 5.41) is 5.54. The lowest BCUT2D eigenvalue weighted by atomic mass is 10.1. The summed E-state index contributed by atoms with van der Waals surface area (Å²) in [4.78, 5) is 40.4. The van der Waals surface area contributed by atoms with Gasteiger partial charge in [0.2, 0.25) is 5.91 Å². The lowest BCUT2D eigenvalue weighted by Crippen LogP contribution is -2.15. The zero-order valence-corrected chi connectivity index (χ0v) is 17.8. The maximum atomic E-state index is 12.3. The molecule has 1 heterocycles. The fraction of sp³-hybridized carbons (Fsp3) is 0.182. The van der Waals surface area contributed by atoms with E-state index in [0.29, 0.717) is 27.7 Å². The lowest BCUT2D eigenvalue weighted by molar-refractivity contribution is -0.116. The number of aromatic nitrogens is 1. The van der Waals surface area contributed by atoms with Gasteiger partial charge in [-0.2, -0.15) is 0 Å². The van der Waals surface area contributed by atoms with Crippen LogP contribution in [0.3, 0.4) is 0 Å². The number of esters is 1. The van der Waals surface area contributed by atoms with Gasteiger partial charge in [0, 0.05) is 33.6 Å². The molecule has 6 nitrogen and oxygen atoms in total. The van der Waals surface area contributed by atoms with Crippen molar-refractivity contribution in [3.63, 3.8) is 0 Å². The molecule has 8 heteroatoms. The Morgan fingerprint density at radius 1 is 1.13 bits per heavy atom. The van der Waals surface area contributed by atoms with Crippen LogP contribution in [0, 0.1) is 0 Å². The predicted octanol–water partition coefficient (Wildman–Crippen LogP) is 5.24. The third-order valence-electron chi connectivity index (χ3n) is 4.09. The number of amides is 1. The molecule has 154 valence electrons. The third-order valence-corrected chi connectivity index (χ3v) is 5.21. The van der Waals surface area contributed by atoms with Crippen LogP contribution in [0.2, 0.25) is 5.02 Å². The van der Waals surface area contributed by atoms with Crippen LogP contribution < -0.4 is 5.32 Å². The van der Waals surface area contributed by atoms with Gasteiger partial charge < -0.3 is 10.1 Å². The number of hydrogen-bond donors (Lipinski definition) is 1. The van der Waals surface area contributed by atoms with Crippen LogP contribution >= 0.6 is 22.9 Å². The first-order valence-electron chi connectivity index (χ1n) is 9.28. The predicted molar refractivity (Wildman–Crippen MR) is 117 cm³/mol. The minimum atomic E-state index is -0.670. The number of Topliss-reactive ketones (excluding diaryl/α,β-unsaturated/α-hetero) is 1. The molecule has 0 radical (unpaired) electrons. The molecule has 2 aromatic carbocycles. The number of ether oxygens (including phenoxy) is 1. The summed E-state index contributed by atoms with van der Waals surface area (Å²) < 4.78 is 5.10. The Balaban J connectivity index is 1.56. The van der Waals surface area contributed by atoms with Gasteiger partial charge in [0.15, 0.2) is 18.1 Å². The van der Waals surface area contributed by atoms with Crippen LogP contribution in [0.25, 0.3) is 10.6 Å². The molecule has 0 bridgehead atoms. The second-order valence-electron chi connectivity index (χ2n) is 6.42. The van der Waals surface area contributed by atoms with E-state index < -0.39 is 12.6 Å². The molecule has 0 aliphatic rings. The maximum Gasteiger partial charge on any atom is 0.358 e. The van der Waals surface area contributed by atoms with Crippen molar-refractivity contribution < 1.29 is 19.1 Å². The standard InChI is InChI=1S/C22H19ClN2O4S/c1-2-4-20(27)24-17-9-7-14(8-10-17)19(26)12-29-22(28)18-13-30-21(25-18)15-5-3-6-16(23)11-15/h3,5-11,13H,2,4,12H2,1H3,(H,24,27). The van der Waals surface area contributed by atoms with Crippen molar-refractivity contribution in [3.8, 4) is 10.6 Å². The van der Waals surface area contributed by atoms with Crippen molar-refractivity contribution in [2.24, 2.45) is 0 Å². The Morgan fingerprint density at radius 3 is 2.60 bits per heavy atom. The molecule has 3 rings (SSSR count). The molecule has 30 heavy (non-hydrogen) atoms. The summed E-state index contributed by atoms with van der Waals surface area (Å²) in [5.74, 6) is -1.10. The van der Waals surface area contributed by atoms with E-state index in [1.807, 2.05) is 13.0 Å². The van der Waals surface area contributed by atoms with E-state index in [2.05, 4.69) is 10.3 Å². The third kappa shape index (κ3) is 5.75. The highest BCUT2D eigenvalue weighted by molar-refractivity contribution is 7.13. The summed E-state index contributed by atoms with van der Waals surface area (Å²) in [5.41, 5.74) is 1.93. The van der Waals surface area contributed by atoms with Gasteiger partial charge in [-0.05, 0) is 42.8 Å². The van der Waals surface area contributed by atoms with Crippen molar-refractivity contribution in [2.45, 2.75) is 19.8 Å². The average molecular weight is 443 g/mol. The van der Waals surface area contributed by atoms with Gasteiger partial charge in [-0.1, -0.05) is 30.7 Å². The fourth-order valence-corrected chi connectivity index (χ4v) is 3.58. The monoisotopic (exact) mass is 442 g/mol. The first-order valence-corrected chi connectivity index (χ1v) is 10.5. The second kappa shape index (κ2) is 10.1.